The van der Waals surface area contributed by atoms with E-state index in [9.17, 15) is 19.2 Å². The Bertz CT molecular complexity index is 750. The van der Waals surface area contributed by atoms with Gasteiger partial charge in [0, 0.05) is 24.9 Å². The fraction of sp³-hybridized carbons (Fsp3) is 0.444. The second-order valence-electron chi connectivity index (χ2n) is 6.35. The van der Waals surface area contributed by atoms with E-state index in [0.717, 1.165) is 18.6 Å². The van der Waals surface area contributed by atoms with Crippen LogP contribution in [0.1, 0.15) is 29.6 Å². The molecule has 2 aliphatic rings. The summed E-state index contributed by atoms with van der Waals surface area (Å²) in [4.78, 5) is 49.1. The summed E-state index contributed by atoms with van der Waals surface area (Å²) in [6, 6.07) is 6.89. The van der Waals surface area contributed by atoms with Crippen LogP contribution in [0.4, 0.5) is 10.5 Å². The lowest BCUT2D eigenvalue weighted by molar-refractivity contribution is -0.147. The maximum atomic E-state index is 12.2. The van der Waals surface area contributed by atoms with E-state index in [-0.39, 0.29) is 30.2 Å². The summed E-state index contributed by atoms with van der Waals surface area (Å²) in [6.45, 7) is 0.466. The number of nitrogens with zero attached hydrogens (tertiary/aromatic N) is 1. The zero-order chi connectivity index (χ0) is 19.2. The number of nitrogens with one attached hydrogen (secondary N) is 2. The van der Waals surface area contributed by atoms with E-state index in [1.54, 1.807) is 29.2 Å². The summed E-state index contributed by atoms with van der Waals surface area (Å²) in [5, 5.41) is 5.43. The Morgan fingerprint density at radius 2 is 2.00 bits per heavy atom. The quantitative estimate of drug-likeness (QED) is 0.653. The lowest BCUT2D eigenvalue weighted by atomic mass is 10.1. The first-order valence-corrected chi connectivity index (χ1v) is 9.78. The van der Waals surface area contributed by atoms with Gasteiger partial charge in [-0.3, -0.25) is 19.2 Å². The molecule has 0 bridgehead atoms. The van der Waals surface area contributed by atoms with Gasteiger partial charge in [0.1, 0.15) is 0 Å². The van der Waals surface area contributed by atoms with Crippen molar-refractivity contribution in [3.8, 4) is 0 Å². The number of carbonyl (C=O) groups is 4. The van der Waals surface area contributed by atoms with Gasteiger partial charge in [0.2, 0.25) is 0 Å². The SMILES string of the molecule is O=C(COC(=O)CCN1CCSC1=O)Nc1ccccc1C(=O)NC1CC1. The highest BCUT2D eigenvalue weighted by molar-refractivity contribution is 8.13. The van der Waals surface area contributed by atoms with Crippen molar-refractivity contribution in [2.75, 3.05) is 30.8 Å². The molecule has 8 nitrogen and oxygen atoms in total. The molecule has 0 spiro atoms. The van der Waals surface area contributed by atoms with Crippen molar-refractivity contribution < 1.29 is 23.9 Å². The number of esters is 1. The van der Waals surface area contributed by atoms with Crippen molar-refractivity contribution in [3.05, 3.63) is 29.8 Å². The summed E-state index contributed by atoms with van der Waals surface area (Å²) in [7, 11) is 0. The fourth-order valence-corrected chi connectivity index (χ4v) is 3.39. The first-order chi connectivity index (χ1) is 13.0. The van der Waals surface area contributed by atoms with E-state index in [4.69, 9.17) is 4.74 Å². The Morgan fingerprint density at radius 3 is 2.70 bits per heavy atom. The van der Waals surface area contributed by atoms with Crippen molar-refractivity contribution in [2.45, 2.75) is 25.3 Å². The van der Waals surface area contributed by atoms with Crippen molar-refractivity contribution >= 4 is 40.5 Å². The first kappa shape index (κ1) is 19.2. The zero-order valence-corrected chi connectivity index (χ0v) is 15.5. The van der Waals surface area contributed by atoms with Crippen LogP contribution in [-0.2, 0) is 14.3 Å². The van der Waals surface area contributed by atoms with Gasteiger partial charge >= 0.3 is 5.97 Å². The molecule has 1 aliphatic carbocycles. The largest absolute Gasteiger partial charge is 0.456 e. The highest BCUT2D eigenvalue weighted by Gasteiger charge is 2.25. The van der Waals surface area contributed by atoms with E-state index >= 15 is 0 Å². The normalized spacial score (nSPS) is 16.1. The average molecular weight is 391 g/mol. The molecule has 2 N–H and O–H groups in total. The van der Waals surface area contributed by atoms with E-state index in [2.05, 4.69) is 10.6 Å². The highest BCUT2D eigenvalue weighted by Crippen LogP contribution is 2.21. The maximum absolute atomic E-state index is 12.2. The molecule has 9 heteroatoms. The van der Waals surface area contributed by atoms with E-state index in [1.165, 1.54) is 11.8 Å². The number of amides is 3. The zero-order valence-electron chi connectivity index (χ0n) is 14.7. The first-order valence-electron chi connectivity index (χ1n) is 8.80. The number of anilines is 1. The van der Waals surface area contributed by atoms with Gasteiger partial charge in [-0.2, -0.15) is 0 Å². The summed E-state index contributed by atoms with van der Waals surface area (Å²) < 4.78 is 4.95. The third-order valence-electron chi connectivity index (χ3n) is 4.15. The molecule has 1 saturated heterocycles. The Labute approximate surface area is 161 Å². The van der Waals surface area contributed by atoms with Crippen molar-refractivity contribution in [2.24, 2.45) is 0 Å². The molecule has 3 amide bonds. The van der Waals surface area contributed by atoms with Crippen LogP contribution < -0.4 is 10.6 Å². The molecule has 1 heterocycles. The monoisotopic (exact) mass is 391 g/mol. The second-order valence-corrected chi connectivity index (χ2v) is 7.40. The number of carbonyl (C=O) groups excluding carboxylic acids is 4. The van der Waals surface area contributed by atoms with Gasteiger partial charge in [0.25, 0.3) is 17.1 Å². The number of benzene rings is 1. The molecular formula is C18H21N3O5S. The molecule has 0 radical (unpaired) electrons. The molecule has 27 heavy (non-hydrogen) atoms. The molecule has 2 fully saturated rings. The van der Waals surface area contributed by atoms with Crippen molar-refractivity contribution in [3.63, 3.8) is 0 Å². The van der Waals surface area contributed by atoms with Crippen LogP contribution in [0.15, 0.2) is 24.3 Å². The van der Waals surface area contributed by atoms with Crippen molar-refractivity contribution in [1.29, 1.82) is 0 Å². The van der Waals surface area contributed by atoms with E-state index in [1.807, 2.05) is 0 Å². The molecule has 144 valence electrons. The summed E-state index contributed by atoms with van der Waals surface area (Å²) >= 11 is 1.23. The summed E-state index contributed by atoms with van der Waals surface area (Å²) in [5.74, 6) is -0.583. The predicted octanol–water partition coefficient (Wildman–Crippen LogP) is 1.62. The molecular weight excluding hydrogens is 370 g/mol. The van der Waals surface area contributed by atoms with Gasteiger partial charge < -0.3 is 20.3 Å². The van der Waals surface area contributed by atoms with Crippen LogP contribution in [0.3, 0.4) is 0 Å². The Kier molecular flexibility index (Phi) is 6.33. The molecule has 0 aromatic heterocycles. The minimum Gasteiger partial charge on any atom is -0.456 e. The van der Waals surface area contributed by atoms with Crippen LogP contribution in [0.2, 0.25) is 0 Å². The molecule has 1 aromatic rings. The molecule has 1 aliphatic heterocycles. The Morgan fingerprint density at radius 1 is 1.22 bits per heavy atom. The third kappa shape index (κ3) is 5.72. The number of hydrogen-bond donors (Lipinski definition) is 2. The summed E-state index contributed by atoms with van der Waals surface area (Å²) in [6.07, 6.45) is 1.98. The molecule has 1 saturated carbocycles. The number of para-hydroxylation sites is 1. The molecule has 1 aromatic carbocycles. The number of rotatable bonds is 8. The topological polar surface area (TPSA) is 105 Å². The smallest absolute Gasteiger partial charge is 0.308 e. The highest BCUT2D eigenvalue weighted by atomic mass is 32.2. The molecule has 0 atom stereocenters. The minimum atomic E-state index is -0.547. The lowest BCUT2D eigenvalue weighted by Gasteiger charge is -2.14. The van der Waals surface area contributed by atoms with Gasteiger partial charge in [0.15, 0.2) is 6.61 Å². The Balaban J connectivity index is 1.44. The number of ether oxygens (including phenoxy) is 1. The van der Waals surface area contributed by atoms with Gasteiger partial charge in [-0.25, -0.2) is 0 Å². The average Bonchev–Trinajstić information content (AvgIpc) is 3.37. The van der Waals surface area contributed by atoms with Gasteiger partial charge in [0.05, 0.1) is 17.7 Å². The second kappa shape index (κ2) is 8.90. The Hall–Kier alpha value is -2.55. The van der Waals surface area contributed by atoms with Crippen LogP contribution >= 0.6 is 11.8 Å². The van der Waals surface area contributed by atoms with Crippen LogP contribution in [-0.4, -0.2) is 59.4 Å². The van der Waals surface area contributed by atoms with Gasteiger partial charge in [-0.05, 0) is 25.0 Å². The fourth-order valence-electron chi connectivity index (χ4n) is 2.54. The number of thioether (sulfide) groups is 1. The minimum absolute atomic E-state index is 0.0402. The van der Waals surface area contributed by atoms with E-state index in [0.29, 0.717) is 17.8 Å². The van der Waals surface area contributed by atoms with Crippen LogP contribution in [0.5, 0.6) is 0 Å². The molecule has 0 unspecified atom stereocenters. The standard InChI is InChI=1S/C18H21N3O5S/c22-15(11-26-16(23)7-8-21-9-10-27-18(21)25)20-14-4-2-1-3-13(14)17(24)19-12-5-6-12/h1-4,12H,5-11H2,(H,19,24)(H,20,22). The summed E-state index contributed by atoms with van der Waals surface area (Å²) in [5.41, 5.74) is 0.741. The van der Waals surface area contributed by atoms with Crippen LogP contribution in [0.25, 0.3) is 0 Å². The molecule has 3 rings (SSSR count). The number of hydrogen-bond acceptors (Lipinski definition) is 6. The van der Waals surface area contributed by atoms with Crippen LogP contribution in [0, 0.1) is 0 Å². The predicted molar refractivity (Wildman–Crippen MR) is 101 cm³/mol. The maximum Gasteiger partial charge on any atom is 0.308 e. The lowest BCUT2D eigenvalue weighted by Crippen LogP contribution is -2.29. The third-order valence-corrected chi connectivity index (χ3v) is 5.05. The van der Waals surface area contributed by atoms with E-state index < -0.39 is 18.5 Å². The van der Waals surface area contributed by atoms with Crippen molar-refractivity contribution in [1.82, 2.24) is 10.2 Å². The van der Waals surface area contributed by atoms with Gasteiger partial charge in [-0.1, -0.05) is 23.9 Å². The van der Waals surface area contributed by atoms with Gasteiger partial charge in [-0.15, -0.1) is 0 Å².